The highest BCUT2D eigenvalue weighted by atomic mass is 14.8. The van der Waals surface area contributed by atoms with E-state index in [-0.39, 0.29) is 10.8 Å². The molecule has 0 amide bonds. The summed E-state index contributed by atoms with van der Waals surface area (Å²) >= 11 is 0. The minimum atomic E-state index is -0.125. The van der Waals surface area contributed by atoms with Crippen LogP contribution in [-0.2, 0) is 10.8 Å². The number of pyridine rings is 3. The molecular formula is C37H29N3. The molecular weight excluding hydrogens is 486 g/mol. The lowest BCUT2D eigenvalue weighted by Gasteiger charge is -2.21. The van der Waals surface area contributed by atoms with Gasteiger partial charge < -0.3 is 0 Å². The van der Waals surface area contributed by atoms with E-state index in [0.29, 0.717) is 0 Å². The number of aromatic nitrogens is 3. The third kappa shape index (κ3) is 3.15. The Hall–Kier alpha value is -4.63. The predicted molar refractivity (Wildman–Crippen MR) is 163 cm³/mol. The van der Waals surface area contributed by atoms with Crippen molar-refractivity contribution in [3.05, 3.63) is 125 Å². The highest BCUT2D eigenvalue weighted by Gasteiger charge is 2.38. The van der Waals surface area contributed by atoms with E-state index in [1.165, 1.54) is 33.4 Å². The van der Waals surface area contributed by atoms with Crippen molar-refractivity contribution in [1.82, 2.24) is 15.0 Å². The second-order valence-electron chi connectivity index (χ2n) is 12.1. The van der Waals surface area contributed by atoms with Crippen LogP contribution in [0.15, 0.2) is 103 Å². The van der Waals surface area contributed by atoms with Crippen molar-refractivity contribution in [2.45, 2.75) is 38.5 Å². The zero-order chi connectivity index (χ0) is 27.2. The maximum Gasteiger partial charge on any atom is 0.0894 e. The summed E-state index contributed by atoms with van der Waals surface area (Å²) in [5.74, 6) is 0. The summed E-state index contributed by atoms with van der Waals surface area (Å²) in [5, 5.41) is 1.15. The van der Waals surface area contributed by atoms with E-state index in [1.807, 2.05) is 6.07 Å². The number of para-hydroxylation sites is 1. The van der Waals surface area contributed by atoms with E-state index < -0.39 is 0 Å². The lowest BCUT2D eigenvalue weighted by molar-refractivity contribution is 0.658. The smallest absolute Gasteiger partial charge is 0.0894 e. The molecule has 8 rings (SSSR count). The molecule has 0 saturated carbocycles. The van der Waals surface area contributed by atoms with Gasteiger partial charge >= 0.3 is 0 Å². The van der Waals surface area contributed by atoms with Gasteiger partial charge in [0.15, 0.2) is 0 Å². The number of hydrogen-bond acceptors (Lipinski definition) is 3. The van der Waals surface area contributed by atoms with Gasteiger partial charge in [-0.15, -0.1) is 0 Å². The fraction of sp³-hybridized carbons (Fsp3) is 0.162. The van der Waals surface area contributed by atoms with Crippen LogP contribution in [0.5, 0.6) is 0 Å². The Morgan fingerprint density at radius 2 is 1.02 bits per heavy atom. The first-order valence-corrected chi connectivity index (χ1v) is 14.0. The quantitative estimate of drug-likeness (QED) is 0.231. The molecule has 40 heavy (non-hydrogen) atoms. The molecule has 0 N–H and O–H groups in total. The fourth-order valence-electron chi connectivity index (χ4n) is 6.82. The number of benzene rings is 3. The van der Waals surface area contributed by atoms with Gasteiger partial charge in [-0.3, -0.25) is 0 Å². The topological polar surface area (TPSA) is 38.7 Å². The molecule has 3 heteroatoms. The molecule has 2 aliphatic carbocycles. The Labute approximate surface area is 234 Å². The molecule has 0 saturated heterocycles. The summed E-state index contributed by atoms with van der Waals surface area (Å²) < 4.78 is 0. The second-order valence-corrected chi connectivity index (χ2v) is 12.1. The molecule has 0 bridgehead atoms. The average molecular weight is 516 g/mol. The second kappa shape index (κ2) is 7.95. The Morgan fingerprint density at radius 1 is 0.450 bits per heavy atom. The van der Waals surface area contributed by atoms with Crippen LogP contribution in [0.3, 0.4) is 0 Å². The maximum atomic E-state index is 5.28. The number of fused-ring (bicyclic) bond motifs is 7. The zero-order valence-corrected chi connectivity index (χ0v) is 23.2. The van der Waals surface area contributed by atoms with Crippen molar-refractivity contribution in [3.8, 4) is 45.2 Å². The molecule has 3 aromatic heterocycles. The molecule has 0 spiro atoms. The van der Waals surface area contributed by atoms with Gasteiger partial charge in [-0.25, -0.2) is 15.0 Å². The summed E-state index contributed by atoms with van der Waals surface area (Å²) in [5.41, 5.74) is 14.4. The average Bonchev–Trinajstić information content (AvgIpc) is 3.35. The van der Waals surface area contributed by atoms with Gasteiger partial charge in [-0.1, -0.05) is 100 Å². The van der Waals surface area contributed by atoms with Crippen LogP contribution in [0, 0.1) is 0 Å². The molecule has 3 nitrogen and oxygen atoms in total. The van der Waals surface area contributed by atoms with Crippen molar-refractivity contribution in [3.63, 3.8) is 0 Å². The molecule has 0 radical (unpaired) electrons. The van der Waals surface area contributed by atoms with Gasteiger partial charge in [-0.2, -0.15) is 0 Å². The largest absolute Gasteiger partial charge is 0.248 e. The van der Waals surface area contributed by atoms with Crippen molar-refractivity contribution in [1.29, 1.82) is 0 Å². The van der Waals surface area contributed by atoms with Crippen LogP contribution in [0.4, 0.5) is 0 Å². The van der Waals surface area contributed by atoms with E-state index in [9.17, 15) is 0 Å². The summed E-state index contributed by atoms with van der Waals surface area (Å²) in [7, 11) is 0. The van der Waals surface area contributed by atoms with Crippen molar-refractivity contribution in [2.75, 3.05) is 0 Å². The summed E-state index contributed by atoms with van der Waals surface area (Å²) in [6.07, 6.45) is 0. The standard InChI is InChI=1S/C37H29N3/c1-36(2)26-11-7-6-10-24(26)34-28(36)16-19-32(39-34)33-20-17-29-35(40-33)25-21-23(13-15-27(25)37(29,3)4)31-18-14-22-9-5-8-12-30(22)38-31/h5-21H,1-4H3. The molecule has 0 aliphatic heterocycles. The predicted octanol–water partition coefficient (Wildman–Crippen LogP) is 8.97. The van der Waals surface area contributed by atoms with Gasteiger partial charge in [0.05, 0.1) is 34.0 Å². The Bertz CT molecular complexity index is 2020. The van der Waals surface area contributed by atoms with E-state index in [1.54, 1.807) is 0 Å². The molecule has 3 heterocycles. The molecule has 192 valence electrons. The summed E-state index contributed by atoms with van der Waals surface area (Å²) in [4.78, 5) is 15.4. The molecule has 0 unspecified atom stereocenters. The molecule has 0 atom stereocenters. The third-order valence-electron chi connectivity index (χ3n) is 9.10. The number of nitrogens with zero attached hydrogens (tertiary/aromatic N) is 3. The molecule has 3 aromatic carbocycles. The Balaban J connectivity index is 1.26. The van der Waals surface area contributed by atoms with Crippen LogP contribution in [0.25, 0.3) is 56.1 Å². The Kier molecular flexibility index (Phi) is 4.63. The minimum Gasteiger partial charge on any atom is -0.248 e. The van der Waals surface area contributed by atoms with Gasteiger partial charge in [0.1, 0.15) is 0 Å². The molecule has 6 aromatic rings. The van der Waals surface area contributed by atoms with Crippen LogP contribution in [0.2, 0.25) is 0 Å². The first kappa shape index (κ1) is 23.3. The zero-order valence-electron chi connectivity index (χ0n) is 23.2. The van der Waals surface area contributed by atoms with Gasteiger partial charge in [0.25, 0.3) is 0 Å². The summed E-state index contributed by atoms with van der Waals surface area (Å²) in [6, 6.07) is 36.7. The maximum absolute atomic E-state index is 5.28. The van der Waals surface area contributed by atoms with Crippen LogP contribution in [-0.4, -0.2) is 15.0 Å². The monoisotopic (exact) mass is 515 g/mol. The molecule has 0 fully saturated rings. The first-order valence-electron chi connectivity index (χ1n) is 14.0. The SMILES string of the molecule is CC1(C)c2ccccc2-c2nc(-c3ccc4c(n3)-c3cc(-c5ccc6ccccc6n5)ccc3C4(C)C)ccc21. The number of hydrogen-bond donors (Lipinski definition) is 0. The lowest BCUT2D eigenvalue weighted by atomic mass is 9.82. The van der Waals surface area contributed by atoms with Gasteiger partial charge in [0.2, 0.25) is 0 Å². The van der Waals surface area contributed by atoms with Gasteiger partial charge in [-0.05, 0) is 52.6 Å². The van der Waals surface area contributed by atoms with Crippen LogP contribution < -0.4 is 0 Å². The van der Waals surface area contributed by atoms with Crippen LogP contribution in [0.1, 0.15) is 49.9 Å². The van der Waals surface area contributed by atoms with E-state index >= 15 is 0 Å². The van der Waals surface area contributed by atoms with Crippen LogP contribution >= 0.6 is 0 Å². The first-order chi connectivity index (χ1) is 19.3. The highest BCUT2D eigenvalue weighted by molar-refractivity contribution is 5.86. The van der Waals surface area contributed by atoms with E-state index in [4.69, 9.17) is 15.0 Å². The lowest BCUT2D eigenvalue weighted by Crippen LogP contribution is -2.15. The van der Waals surface area contributed by atoms with Crippen molar-refractivity contribution < 1.29 is 0 Å². The minimum absolute atomic E-state index is 0.0566. The number of rotatable bonds is 2. The van der Waals surface area contributed by atoms with Crippen molar-refractivity contribution >= 4 is 10.9 Å². The van der Waals surface area contributed by atoms with Crippen molar-refractivity contribution in [2.24, 2.45) is 0 Å². The Morgan fingerprint density at radius 3 is 1.77 bits per heavy atom. The van der Waals surface area contributed by atoms with Gasteiger partial charge in [0, 0.05) is 32.9 Å². The van der Waals surface area contributed by atoms with E-state index in [2.05, 4.69) is 125 Å². The summed E-state index contributed by atoms with van der Waals surface area (Å²) in [6.45, 7) is 9.15. The fourth-order valence-corrected chi connectivity index (χ4v) is 6.82. The normalized spacial score (nSPS) is 15.4. The van der Waals surface area contributed by atoms with E-state index in [0.717, 1.165) is 44.9 Å². The highest BCUT2D eigenvalue weighted by Crippen LogP contribution is 2.50. The third-order valence-corrected chi connectivity index (χ3v) is 9.10. The molecule has 2 aliphatic rings.